The number of aromatic amines is 1. The van der Waals surface area contributed by atoms with Crippen molar-refractivity contribution in [2.75, 3.05) is 18.0 Å². The number of hydrogen-bond donors (Lipinski definition) is 2. The molecule has 3 heterocycles. The fourth-order valence-corrected chi connectivity index (χ4v) is 3.01. The number of nitrogens with zero attached hydrogens (tertiary/aromatic N) is 3. The second kappa shape index (κ2) is 5.52. The lowest BCUT2D eigenvalue weighted by Gasteiger charge is -2.32. The molecule has 0 bridgehead atoms. The van der Waals surface area contributed by atoms with Crippen LogP contribution in [0.1, 0.15) is 31.3 Å². The Morgan fingerprint density at radius 2 is 2.10 bits per heavy atom. The third-order valence-electron chi connectivity index (χ3n) is 4.34. The van der Waals surface area contributed by atoms with Crippen LogP contribution in [0, 0.1) is 19.8 Å². The molecule has 1 unspecified atom stereocenters. The molecule has 3 N–H and O–H groups in total. The van der Waals surface area contributed by atoms with Crippen molar-refractivity contribution in [2.24, 2.45) is 11.7 Å². The summed E-state index contributed by atoms with van der Waals surface area (Å²) in [6, 6.07) is 2.26. The zero-order chi connectivity index (χ0) is 15.0. The van der Waals surface area contributed by atoms with Crippen LogP contribution >= 0.6 is 0 Å². The molecule has 0 radical (unpaired) electrons. The predicted molar refractivity (Wildman–Crippen MR) is 82.1 cm³/mol. The summed E-state index contributed by atoms with van der Waals surface area (Å²) in [6.07, 6.45) is 2.21. The van der Waals surface area contributed by atoms with E-state index >= 15 is 0 Å². The molecular weight excluding hydrogens is 266 g/mol. The van der Waals surface area contributed by atoms with Crippen LogP contribution in [0.5, 0.6) is 0 Å². The Balaban J connectivity index is 1.73. The highest BCUT2D eigenvalue weighted by atomic mass is 16.3. The number of aryl methyl sites for hydroxylation is 2. The van der Waals surface area contributed by atoms with Gasteiger partial charge in [-0.15, -0.1) is 5.10 Å². The van der Waals surface area contributed by atoms with E-state index in [0.29, 0.717) is 5.92 Å². The van der Waals surface area contributed by atoms with E-state index in [1.54, 1.807) is 0 Å². The predicted octanol–water partition coefficient (Wildman–Crippen LogP) is 2.25. The first-order valence-corrected chi connectivity index (χ1v) is 7.55. The maximum Gasteiger partial charge on any atom is 0.245 e. The van der Waals surface area contributed by atoms with E-state index in [0.717, 1.165) is 54.8 Å². The summed E-state index contributed by atoms with van der Waals surface area (Å²) in [5.41, 5.74) is 6.97. The Hall–Kier alpha value is -1.82. The first kappa shape index (κ1) is 14.1. The highest BCUT2D eigenvalue weighted by molar-refractivity contribution is 5.59. The Morgan fingerprint density at radius 3 is 2.67 bits per heavy atom. The number of rotatable bonds is 3. The maximum absolute atomic E-state index is 5.98. The zero-order valence-electron chi connectivity index (χ0n) is 12.9. The molecule has 2 aromatic heterocycles. The average Bonchev–Trinajstić information content (AvgIpc) is 3.05. The topological polar surface area (TPSA) is 84.0 Å². The van der Waals surface area contributed by atoms with E-state index in [4.69, 9.17) is 10.2 Å². The van der Waals surface area contributed by atoms with Gasteiger partial charge in [-0.05, 0) is 45.6 Å². The van der Waals surface area contributed by atoms with Crippen LogP contribution in [0.2, 0.25) is 0 Å². The Kier molecular flexibility index (Phi) is 3.71. The summed E-state index contributed by atoms with van der Waals surface area (Å²) >= 11 is 0. The molecule has 1 atom stereocenters. The van der Waals surface area contributed by atoms with Crippen molar-refractivity contribution in [1.82, 2.24) is 15.2 Å². The average molecular weight is 289 g/mol. The van der Waals surface area contributed by atoms with Gasteiger partial charge >= 0.3 is 0 Å². The summed E-state index contributed by atoms with van der Waals surface area (Å²) in [4.78, 5) is 6.84. The van der Waals surface area contributed by atoms with Gasteiger partial charge in [-0.25, -0.2) is 0 Å². The lowest BCUT2D eigenvalue weighted by atomic mass is 9.91. The zero-order valence-corrected chi connectivity index (χ0v) is 12.9. The Morgan fingerprint density at radius 1 is 1.38 bits per heavy atom. The number of anilines is 1. The summed E-state index contributed by atoms with van der Waals surface area (Å²) < 4.78 is 5.55. The van der Waals surface area contributed by atoms with Crippen LogP contribution in [0.25, 0.3) is 11.4 Å². The van der Waals surface area contributed by atoms with Gasteiger partial charge in [-0.2, -0.15) is 4.98 Å². The molecule has 21 heavy (non-hydrogen) atoms. The Bertz CT molecular complexity index is 607. The van der Waals surface area contributed by atoms with Crippen molar-refractivity contribution < 1.29 is 4.42 Å². The number of nitrogens with one attached hydrogen (secondary N) is 1. The quantitative estimate of drug-likeness (QED) is 0.905. The molecule has 1 aliphatic heterocycles. The molecule has 0 aliphatic carbocycles. The third-order valence-corrected chi connectivity index (χ3v) is 4.34. The van der Waals surface area contributed by atoms with Gasteiger partial charge < -0.3 is 15.1 Å². The summed E-state index contributed by atoms with van der Waals surface area (Å²) in [6.45, 7) is 7.90. The summed E-state index contributed by atoms with van der Waals surface area (Å²) in [5.74, 6) is 3.91. The highest BCUT2D eigenvalue weighted by Gasteiger charge is 2.24. The van der Waals surface area contributed by atoms with Crippen molar-refractivity contribution in [3.8, 4) is 11.4 Å². The lowest BCUT2D eigenvalue weighted by Crippen LogP contribution is -2.40. The number of H-pyrrole nitrogens is 1. The van der Waals surface area contributed by atoms with E-state index in [2.05, 4.69) is 27.0 Å². The molecule has 1 fully saturated rings. The Labute approximate surface area is 124 Å². The molecule has 6 heteroatoms. The van der Waals surface area contributed by atoms with Gasteiger partial charge in [0.15, 0.2) is 5.82 Å². The van der Waals surface area contributed by atoms with Crippen LogP contribution in [0.4, 0.5) is 5.95 Å². The minimum atomic E-state index is 0.270. The highest BCUT2D eigenvalue weighted by Crippen LogP contribution is 2.27. The molecule has 6 nitrogen and oxygen atoms in total. The van der Waals surface area contributed by atoms with E-state index in [-0.39, 0.29) is 6.04 Å². The minimum Gasteiger partial charge on any atom is -0.466 e. The van der Waals surface area contributed by atoms with Crippen molar-refractivity contribution in [2.45, 2.75) is 39.7 Å². The third kappa shape index (κ3) is 2.81. The minimum absolute atomic E-state index is 0.270. The maximum atomic E-state index is 5.98. The molecule has 1 saturated heterocycles. The van der Waals surface area contributed by atoms with Gasteiger partial charge in [0.25, 0.3) is 0 Å². The van der Waals surface area contributed by atoms with Crippen molar-refractivity contribution in [3.63, 3.8) is 0 Å². The molecule has 0 saturated carbocycles. The SMILES string of the molecule is Cc1cc(-c2nc(N3CCC(C(C)N)CC3)n[nH]2)c(C)o1. The normalized spacial score (nSPS) is 18.2. The van der Waals surface area contributed by atoms with Crippen LogP contribution in [0.3, 0.4) is 0 Å². The van der Waals surface area contributed by atoms with Gasteiger partial charge in [0.1, 0.15) is 11.5 Å². The van der Waals surface area contributed by atoms with Crippen LogP contribution in [0.15, 0.2) is 10.5 Å². The molecular formula is C15H23N5O. The van der Waals surface area contributed by atoms with Gasteiger partial charge in [-0.3, -0.25) is 5.10 Å². The van der Waals surface area contributed by atoms with Crippen molar-refractivity contribution >= 4 is 5.95 Å². The number of aromatic nitrogens is 3. The lowest BCUT2D eigenvalue weighted by molar-refractivity contribution is 0.352. The molecule has 0 aromatic carbocycles. The van der Waals surface area contributed by atoms with Crippen molar-refractivity contribution in [1.29, 1.82) is 0 Å². The van der Waals surface area contributed by atoms with Crippen LogP contribution in [-0.4, -0.2) is 34.3 Å². The second-order valence-corrected chi connectivity index (χ2v) is 5.99. The smallest absolute Gasteiger partial charge is 0.245 e. The monoisotopic (exact) mass is 289 g/mol. The molecule has 114 valence electrons. The second-order valence-electron chi connectivity index (χ2n) is 5.99. The van der Waals surface area contributed by atoms with Gasteiger partial charge in [0.05, 0.1) is 5.56 Å². The number of piperidine rings is 1. The van der Waals surface area contributed by atoms with E-state index < -0.39 is 0 Å². The standard InChI is InChI=1S/C15H23N5O/c1-9-8-13(11(3)21-9)14-17-15(19-18-14)20-6-4-12(5-7-20)10(2)16/h8,10,12H,4-7,16H2,1-3H3,(H,17,18,19). The van der Waals surface area contributed by atoms with Gasteiger partial charge in [-0.1, -0.05) is 0 Å². The van der Waals surface area contributed by atoms with E-state index in [1.165, 1.54) is 0 Å². The van der Waals surface area contributed by atoms with Gasteiger partial charge in [0.2, 0.25) is 5.95 Å². The molecule has 1 aliphatic rings. The fraction of sp³-hybridized carbons (Fsp3) is 0.600. The summed E-state index contributed by atoms with van der Waals surface area (Å²) in [7, 11) is 0. The largest absolute Gasteiger partial charge is 0.466 e. The van der Waals surface area contributed by atoms with E-state index in [1.807, 2.05) is 19.9 Å². The summed E-state index contributed by atoms with van der Waals surface area (Å²) in [5, 5.41) is 7.37. The fourth-order valence-electron chi connectivity index (χ4n) is 3.01. The molecule has 3 rings (SSSR count). The van der Waals surface area contributed by atoms with Gasteiger partial charge in [0, 0.05) is 19.1 Å². The molecule has 2 aromatic rings. The molecule has 0 spiro atoms. The van der Waals surface area contributed by atoms with Crippen LogP contribution < -0.4 is 10.6 Å². The molecule has 0 amide bonds. The first-order valence-electron chi connectivity index (χ1n) is 7.55. The number of nitrogens with two attached hydrogens (primary N) is 1. The van der Waals surface area contributed by atoms with E-state index in [9.17, 15) is 0 Å². The van der Waals surface area contributed by atoms with Crippen molar-refractivity contribution in [3.05, 3.63) is 17.6 Å². The number of furan rings is 1. The first-order chi connectivity index (χ1) is 10.0. The van der Waals surface area contributed by atoms with Crippen LogP contribution in [-0.2, 0) is 0 Å². The number of hydrogen-bond acceptors (Lipinski definition) is 5.